The summed E-state index contributed by atoms with van der Waals surface area (Å²) in [6, 6.07) is 18.8. The summed E-state index contributed by atoms with van der Waals surface area (Å²) in [5, 5.41) is 13.9. The van der Waals surface area contributed by atoms with Gasteiger partial charge in [0.25, 0.3) is 0 Å². The molecule has 0 saturated heterocycles. The maximum Gasteiger partial charge on any atom is 0.404 e. The molecule has 2 aromatic rings. The highest BCUT2D eigenvalue weighted by molar-refractivity contribution is 5.64. The lowest BCUT2D eigenvalue weighted by Crippen LogP contribution is -2.31. The first-order valence-electron chi connectivity index (χ1n) is 8.96. The van der Waals surface area contributed by atoms with Crippen LogP contribution in [0.15, 0.2) is 54.6 Å². The van der Waals surface area contributed by atoms with Crippen molar-refractivity contribution in [3.8, 4) is 5.75 Å². The molecule has 0 aromatic heterocycles. The van der Waals surface area contributed by atoms with Gasteiger partial charge in [-0.1, -0.05) is 56.3 Å². The zero-order valence-electron chi connectivity index (χ0n) is 15.5. The van der Waals surface area contributed by atoms with Crippen LogP contribution in [0.3, 0.4) is 0 Å². The predicted molar refractivity (Wildman–Crippen MR) is 104 cm³/mol. The molecule has 2 aromatic carbocycles. The standard InChI is InChI=1S/C21H28N2O3/c1-21(2,17-7-4-3-5-8-17)18-9-11-19(12-10-18)26-16-6-13-22-14-15-23-20(24)25/h3-5,7-12,22-23H,6,13-16H2,1-2H3,(H,24,25). The summed E-state index contributed by atoms with van der Waals surface area (Å²) in [6.45, 7) is 6.90. The Kier molecular flexibility index (Phi) is 7.48. The molecule has 26 heavy (non-hydrogen) atoms. The second-order valence-electron chi connectivity index (χ2n) is 6.70. The first kappa shape index (κ1) is 19.8. The summed E-state index contributed by atoms with van der Waals surface area (Å²) in [4.78, 5) is 10.3. The monoisotopic (exact) mass is 356 g/mol. The number of hydrogen-bond donors (Lipinski definition) is 3. The van der Waals surface area contributed by atoms with Crippen molar-refractivity contribution < 1.29 is 14.6 Å². The fraction of sp³-hybridized carbons (Fsp3) is 0.381. The van der Waals surface area contributed by atoms with E-state index in [-0.39, 0.29) is 5.41 Å². The molecular weight excluding hydrogens is 328 g/mol. The molecule has 0 aliphatic heterocycles. The second-order valence-corrected chi connectivity index (χ2v) is 6.70. The van der Waals surface area contributed by atoms with Gasteiger partial charge < -0.3 is 20.5 Å². The molecule has 0 unspecified atom stereocenters. The smallest absolute Gasteiger partial charge is 0.404 e. The molecule has 2 rings (SSSR count). The lowest BCUT2D eigenvalue weighted by molar-refractivity contribution is 0.194. The third kappa shape index (κ3) is 6.08. The van der Waals surface area contributed by atoms with Crippen LogP contribution in [-0.4, -0.2) is 37.4 Å². The van der Waals surface area contributed by atoms with Crippen molar-refractivity contribution in [2.24, 2.45) is 0 Å². The molecule has 140 valence electrons. The van der Waals surface area contributed by atoms with Crippen LogP contribution in [0.4, 0.5) is 4.79 Å². The maximum atomic E-state index is 10.3. The van der Waals surface area contributed by atoms with Gasteiger partial charge in [0.15, 0.2) is 0 Å². The summed E-state index contributed by atoms with van der Waals surface area (Å²) < 4.78 is 5.77. The summed E-state index contributed by atoms with van der Waals surface area (Å²) >= 11 is 0. The Bertz CT molecular complexity index is 669. The molecule has 1 amide bonds. The quantitative estimate of drug-likeness (QED) is 0.569. The molecular formula is C21H28N2O3. The van der Waals surface area contributed by atoms with E-state index in [4.69, 9.17) is 9.84 Å². The molecule has 0 saturated carbocycles. The maximum absolute atomic E-state index is 10.3. The summed E-state index contributed by atoms with van der Waals surface area (Å²) in [5.74, 6) is 0.866. The number of ether oxygens (including phenoxy) is 1. The Labute approximate surface area is 155 Å². The fourth-order valence-corrected chi connectivity index (χ4v) is 2.76. The van der Waals surface area contributed by atoms with Crippen LogP contribution in [0, 0.1) is 0 Å². The van der Waals surface area contributed by atoms with Gasteiger partial charge in [-0.2, -0.15) is 0 Å². The zero-order valence-corrected chi connectivity index (χ0v) is 15.5. The van der Waals surface area contributed by atoms with Crippen LogP contribution in [-0.2, 0) is 5.41 Å². The zero-order chi connectivity index (χ0) is 18.8. The average Bonchev–Trinajstić information content (AvgIpc) is 2.65. The molecule has 5 nitrogen and oxygen atoms in total. The Balaban J connectivity index is 1.73. The Morgan fingerprint density at radius 2 is 1.62 bits per heavy atom. The van der Waals surface area contributed by atoms with Crippen molar-refractivity contribution in [2.75, 3.05) is 26.2 Å². The topological polar surface area (TPSA) is 70.6 Å². The molecule has 0 radical (unpaired) electrons. The normalized spacial score (nSPS) is 11.2. The van der Waals surface area contributed by atoms with Crippen molar-refractivity contribution in [1.29, 1.82) is 0 Å². The van der Waals surface area contributed by atoms with E-state index >= 15 is 0 Å². The van der Waals surface area contributed by atoms with Crippen molar-refractivity contribution in [1.82, 2.24) is 10.6 Å². The van der Waals surface area contributed by atoms with Crippen LogP contribution in [0.5, 0.6) is 5.75 Å². The first-order chi connectivity index (χ1) is 12.5. The number of rotatable bonds is 10. The van der Waals surface area contributed by atoms with Crippen LogP contribution < -0.4 is 15.4 Å². The lowest BCUT2D eigenvalue weighted by Gasteiger charge is -2.26. The van der Waals surface area contributed by atoms with Crippen LogP contribution in [0.1, 0.15) is 31.4 Å². The molecule has 0 fully saturated rings. The van der Waals surface area contributed by atoms with Crippen molar-refractivity contribution in [3.63, 3.8) is 0 Å². The van der Waals surface area contributed by atoms with Crippen molar-refractivity contribution in [3.05, 3.63) is 65.7 Å². The van der Waals surface area contributed by atoms with Gasteiger partial charge in [0.05, 0.1) is 6.61 Å². The lowest BCUT2D eigenvalue weighted by atomic mass is 9.78. The number of benzene rings is 2. The Morgan fingerprint density at radius 1 is 0.962 bits per heavy atom. The minimum absolute atomic E-state index is 0.0479. The van der Waals surface area contributed by atoms with E-state index < -0.39 is 6.09 Å². The largest absolute Gasteiger partial charge is 0.494 e. The molecule has 0 atom stereocenters. The molecule has 0 bridgehead atoms. The molecule has 5 heteroatoms. The van der Waals surface area contributed by atoms with Gasteiger partial charge in [-0.05, 0) is 36.2 Å². The summed E-state index contributed by atoms with van der Waals surface area (Å²) in [6.07, 6.45) is -0.126. The van der Waals surface area contributed by atoms with Gasteiger partial charge >= 0.3 is 6.09 Å². The van der Waals surface area contributed by atoms with Gasteiger partial charge in [-0.3, -0.25) is 0 Å². The molecule has 0 aliphatic carbocycles. The van der Waals surface area contributed by atoms with E-state index in [0.717, 1.165) is 18.7 Å². The van der Waals surface area contributed by atoms with E-state index in [9.17, 15) is 4.79 Å². The van der Waals surface area contributed by atoms with Crippen molar-refractivity contribution >= 4 is 6.09 Å². The predicted octanol–water partition coefficient (Wildman–Crippen LogP) is 3.64. The number of carbonyl (C=O) groups is 1. The van der Waals surface area contributed by atoms with E-state index in [1.807, 2.05) is 18.2 Å². The van der Waals surface area contributed by atoms with Gasteiger partial charge in [0.2, 0.25) is 0 Å². The Hall–Kier alpha value is -2.53. The van der Waals surface area contributed by atoms with Crippen LogP contribution >= 0.6 is 0 Å². The number of hydrogen-bond acceptors (Lipinski definition) is 3. The third-order valence-corrected chi connectivity index (χ3v) is 4.42. The highest BCUT2D eigenvalue weighted by Gasteiger charge is 2.22. The van der Waals surface area contributed by atoms with Gasteiger partial charge in [0, 0.05) is 18.5 Å². The molecule has 0 aliphatic rings. The number of nitrogens with one attached hydrogen (secondary N) is 2. The fourth-order valence-electron chi connectivity index (χ4n) is 2.76. The number of carboxylic acid groups (broad SMARTS) is 1. The summed E-state index contributed by atoms with van der Waals surface area (Å²) in [7, 11) is 0. The van der Waals surface area contributed by atoms with Gasteiger partial charge in [-0.15, -0.1) is 0 Å². The van der Waals surface area contributed by atoms with E-state index in [1.165, 1.54) is 11.1 Å². The minimum Gasteiger partial charge on any atom is -0.494 e. The van der Waals surface area contributed by atoms with E-state index in [1.54, 1.807) is 0 Å². The third-order valence-electron chi connectivity index (χ3n) is 4.42. The average molecular weight is 356 g/mol. The highest BCUT2D eigenvalue weighted by atomic mass is 16.5. The molecule has 0 spiro atoms. The second kappa shape index (κ2) is 9.82. The van der Waals surface area contributed by atoms with Gasteiger partial charge in [0.1, 0.15) is 5.75 Å². The minimum atomic E-state index is -0.992. The Morgan fingerprint density at radius 3 is 2.27 bits per heavy atom. The van der Waals surface area contributed by atoms with E-state index in [0.29, 0.717) is 19.7 Å². The van der Waals surface area contributed by atoms with E-state index in [2.05, 4.69) is 60.9 Å². The van der Waals surface area contributed by atoms with Crippen LogP contribution in [0.25, 0.3) is 0 Å². The molecule has 0 heterocycles. The first-order valence-corrected chi connectivity index (χ1v) is 8.96. The van der Waals surface area contributed by atoms with Crippen LogP contribution in [0.2, 0.25) is 0 Å². The molecule has 3 N–H and O–H groups in total. The SMILES string of the molecule is CC(C)(c1ccccc1)c1ccc(OCCCNCCNC(=O)O)cc1. The number of amides is 1. The highest BCUT2D eigenvalue weighted by Crippen LogP contribution is 2.32. The summed E-state index contributed by atoms with van der Waals surface area (Å²) in [5.41, 5.74) is 2.49. The van der Waals surface area contributed by atoms with Crippen molar-refractivity contribution in [2.45, 2.75) is 25.7 Å². The van der Waals surface area contributed by atoms with Gasteiger partial charge in [-0.25, -0.2) is 4.79 Å².